The van der Waals surface area contributed by atoms with Crippen LogP contribution in [0.1, 0.15) is 18.4 Å². The second-order valence-electron chi connectivity index (χ2n) is 4.96. The molecule has 2 aromatic heterocycles. The first-order chi connectivity index (χ1) is 11.3. The fourth-order valence-electron chi connectivity index (χ4n) is 1.91. The molecule has 0 amide bonds. The minimum absolute atomic E-state index is 0.432. The summed E-state index contributed by atoms with van der Waals surface area (Å²) in [6, 6.07) is 13.5. The highest BCUT2D eigenvalue weighted by atomic mass is 32.1. The molecule has 0 bridgehead atoms. The van der Waals surface area contributed by atoms with Crippen LogP contribution in [0.3, 0.4) is 0 Å². The van der Waals surface area contributed by atoms with Crippen LogP contribution in [0.25, 0.3) is 0 Å². The van der Waals surface area contributed by atoms with E-state index in [-0.39, 0.29) is 0 Å². The van der Waals surface area contributed by atoms with Crippen LogP contribution in [0.5, 0.6) is 5.75 Å². The molecule has 0 spiro atoms. The smallest absolute Gasteiger partial charge is 0.203 e. The number of anilines is 1. The monoisotopic (exact) mass is 327 g/mol. The number of thiazole rings is 1. The molecule has 3 rings (SSSR count). The summed E-state index contributed by atoms with van der Waals surface area (Å²) in [6.45, 7) is 2.34. The SMILES string of the molecule is C/C(COc1ccccc1)=N\Nc1nc(Cc2ccco2)cs1. The number of hydrogen-bond donors (Lipinski definition) is 1. The zero-order valence-corrected chi connectivity index (χ0v) is 13.5. The van der Waals surface area contributed by atoms with Gasteiger partial charge in [-0.25, -0.2) is 4.98 Å². The average molecular weight is 327 g/mol. The predicted molar refractivity (Wildman–Crippen MR) is 92.3 cm³/mol. The lowest BCUT2D eigenvalue weighted by Crippen LogP contribution is -2.09. The largest absolute Gasteiger partial charge is 0.488 e. The first-order valence-corrected chi connectivity index (χ1v) is 8.11. The van der Waals surface area contributed by atoms with Gasteiger partial charge < -0.3 is 9.15 Å². The highest BCUT2D eigenvalue weighted by Gasteiger charge is 2.04. The summed E-state index contributed by atoms with van der Waals surface area (Å²) in [5.74, 6) is 1.73. The molecule has 23 heavy (non-hydrogen) atoms. The number of nitrogens with one attached hydrogen (secondary N) is 1. The van der Waals surface area contributed by atoms with Gasteiger partial charge in [0, 0.05) is 11.8 Å². The Morgan fingerprint density at radius 3 is 2.91 bits per heavy atom. The van der Waals surface area contributed by atoms with Crippen molar-refractivity contribution in [3.05, 3.63) is 65.6 Å². The molecule has 0 aliphatic rings. The van der Waals surface area contributed by atoms with E-state index in [0.29, 0.717) is 13.0 Å². The second kappa shape index (κ2) is 7.60. The Bertz CT molecular complexity index is 751. The number of para-hydroxylation sites is 1. The van der Waals surface area contributed by atoms with Gasteiger partial charge in [-0.05, 0) is 31.2 Å². The molecular formula is C17H17N3O2S. The summed E-state index contributed by atoms with van der Waals surface area (Å²) in [4.78, 5) is 4.47. The molecule has 0 saturated heterocycles. The van der Waals surface area contributed by atoms with Crippen molar-refractivity contribution in [2.45, 2.75) is 13.3 Å². The van der Waals surface area contributed by atoms with Gasteiger partial charge in [-0.2, -0.15) is 5.10 Å². The molecule has 0 unspecified atom stereocenters. The number of hydrazone groups is 1. The fraction of sp³-hybridized carbons (Fsp3) is 0.176. The molecule has 2 heterocycles. The third kappa shape index (κ3) is 4.69. The van der Waals surface area contributed by atoms with Crippen molar-refractivity contribution >= 4 is 22.2 Å². The maximum Gasteiger partial charge on any atom is 0.203 e. The topological polar surface area (TPSA) is 59.6 Å². The number of rotatable bonds is 7. The maximum absolute atomic E-state index is 5.63. The summed E-state index contributed by atoms with van der Waals surface area (Å²) in [6.07, 6.45) is 2.35. The zero-order chi connectivity index (χ0) is 15.9. The van der Waals surface area contributed by atoms with Gasteiger partial charge in [0.1, 0.15) is 18.1 Å². The summed E-state index contributed by atoms with van der Waals surface area (Å²) >= 11 is 1.52. The Hall–Kier alpha value is -2.60. The molecule has 118 valence electrons. The van der Waals surface area contributed by atoms with E-state index in [1.807, 2.05) is 54.8 Å². The fourth-order valence-corrected chi connectivity index (χ4v) is 2.56. The van der Waals surface area contributed by atoms with Crippen LogP contribution in [0.15, 0.2) is 63.6 Å². The van der Waals surface area contributed by atoms with E-state index in [0.717, 1.165) is 28.0 Å². The highest BCUT2D eigenvalue weighted by Crippen LogP contribution is 2.18. The lowest BCUT2D eigenvalue weighted by molar-refractivity contribution is 0.376. The van der Waals surface area contributed by atoms with Gasteiger partial charge >= 0.3 is 0 Å². The molecule has 3 aromatic rings. The molecule has 0 atom stereocenters. The number of furan rings is 1. The van der Waals surface area contributed by atoms with Crippen molar-refractivity contribution in [1.82, 2.24) is 4.98 Å². The van der Waals surface area contributed by atoms with E-state index in [1.165, 1.54) is 11.3 Å². The third-order valence-corrected chi connectivity index (χ3v) is 3.82. The summed E-state index contributed by atoms with van der Waals surface area (Å²) in [7, 11) is 0. The molecule has 0 aliphatic heterocycles. The van der Waals surface area contributed by atoms with Gasteiger partial charge in [0.15, 0.2) is 0 Å². The maximum atomic E-state index is 5.63. The molecule has 1 N–H and O–H groups in total. The van der Waals surface area contributed by atoms with Crippen molar-refractivity contribution in [2.24, 2.45) is 5.10 Å². The Labute approximate surface area is 138 Å². The normalized spacial score (nSPS) is 11.4. The number of ether oxygens (including phenoxy) is 1. The van der Waals surface area contributed by atoms with Gasteiger partial charge in [-0.3, -0.25) is 5.43 Å². The van der Waals surface area contributed by atoms with Gasteiger partial charge in [-0.15, -0.1) is 11.3 Å². The molecule has 0 radical (unpaired) electrons. The van der Waals surface area contributed by atoms with Crippen molar-refractivity contribution in [3.8, 4) is 5.75 Å². The zero-order valence-electron chi connectivity index (χ0n) is 12.7. The van der Waals surface area contributed by atoms with E-state index in [9.17, 15) is 0 Å². The number of aromatic nitrogens is 1. The lowest BCUT2D eigenvalue weighted by Gasteiger charge is -2.05. The standard InChI is InChI=1S/C17H17N3O2S/c1-13(11-22-15-6-3-2-4-7-15)19-20-17-18-14(12-23-17)10-16-8-5-9-21-16/h2-9,12H,10-11H2,1H3,(H,18,20)/b19-13+. The molecule has 6 heteroatoms. The molecule has 0 saturated carbocycles. The number of hydrogen-bond acceptors (Lipinski definition) is 6. The summed E-state index contributed by atoms with van der Waals surface area (Å²) < 4.78 is 11.0. The van der Waals surface area contributed by atoms with Crippen LogP contribution in [-0.2, 0) is 6.42 Å². The van der Waals surface area contributed by atoms with Gasteiger partial charge in [-0.1, -0.05) is 18.2 Å². The molecule has 0 fully saturated rings. The van der Waals surface area contributed by atoms with Crippen LogP contribution in [0.2, 0.25) is 0 Å². The quantitative estimate of drug-likeness (QED) is 0.522. The van der Waals surface area contributed by atoms with Gasteiger partial charge in [0.25, 0.3) is 0 Å². The Morgan fingerprint density at radius 2 is 2.13 bits per heavy atom. The predicted octanol–water partition coefficient (Wildman–Crippen LogP) is 4.19. The first kappa shape index (κ1) is 15.3. The highest BCUT2D eigenvalue weighted by molar-refractivity contribution is 7.13. The Balaban J connectivity index is 1.50. The van der Waals surface area contributed by atoms with Crippen molar-refractivity contribution in [2.75, 3.05) is 12.0 Å². The molecular weight excluding hydrogens is 310 g/mol. The van der Waals surface area contributed by atoms with Gasteiger partial charge in [0.2, 0.25) is 5.13 Å². The van der Waals surface area contributed by atoms with Crippen LogP contribution in [0.4, 0.5) is 5.13 Å². The number of nitrogens with zero attached hydrogens (tertiary/aromatic N) is 2. The van der Waals surface area contributed by atoms with E-state index < -0.39 is 0 Å². The number of benzene rings is 1. The van der Waals surface area contributed by atoms with E-state index in [4.69, 9.17) is 9.15 Å². The van der Waals surface area contributed by atoms with Gasteiger partial charge in [0.05, 0.1) is 17.7 Å². The van der Waals surface area contributed by atoms with E-state index in [2.05, 4.69) is 15.5 Å². The summed E-state index contributed by atoms with van der Waals surface area (Å²) in [5, 5.41) is 7.04. The Kier molecular flexibility index (Phi) is 5.06. The van der Waals surface area contributed by atoms with E-state index >= 15 is 0 Å². The van der Waals surface area contributed by atoms with Crippen LogP contribution in [-0.4, -0.2) is 17.3 Å². The average Bonchev–Trinajstić information content (AvgIpc) is 3.24. The minimum Gasteiger partial charge on any atom is -0.488 e. The van der Waals surface area contributed by atoms with Crippen molar-refractivity contribution in [3.63, 3.8) is 0 Å². The molecule has 0 aliphatic carbocycles. The lowest BCUT2D eigenvalue weighted by atomic mass is 10.3. The summed E-state index contributed by atoms with van der Waals surface area (Å²) in [5.41, 5.74) is 4.77. The second-order valence-corrected chi connectivity index (χ2v) is 5.82. The van der Waals surface area contributed by atoms with Crippen LogP contribution in [0, 0.1) is 0 Å². The third-order valence-electron chi connectivity index (χ3n) is 3.02. The molecule has 1 aromatic carbocycles. The van der Waals surface area contributed by atoms with Crippen molar-refractivity contribution < 1.29 is 9.15 Å². The van der Waals surface area contributed by atoms with E-state index in [1.54, 1.807) is 6.26 Å². The Morgan fingerprint density at radius 1 is 1.26 bits per heavy atom. The molecule has 5 nitrogen and oxygen atoms in total. The van der Waals surface area contributed by atoms with Crippen molar-refractivity contribution in [1.29, 1.82) is 0 Å². The minimum atomic E-state index is 0.432. The van der Waals surface area contributed by atoms with Crippen LogP contribution >= 0.6 is 11.3 Å². The first-order valence-electron chi connectivity index (χ1n) is 7.23. The van der Waals surface area contributed by atoms with Crippen LogP contribution < -0.4 is 10.2 Å².